The molecule has 7 heteroatoms. The molecule has 0 spiro atoms. The summed E-state index contributed by atoms with van der Waals surface area (Å²) in [6.07, 6.45) is 2.89. The molecule has 20 heavy (non-hydrogen) atoms. The summed E-state index contributed by atoms with van der Waals surface area (Å²) in [6, 6.07) is -0.977. The molecule has 1 atom stereocenters. The van der Waals surface area contributed by atoms with E-state index < -0.39 is 12.0 Å². The largest absolute Gasteiger partial charge is 0.480 e. The smallest absolute Gasteiger partial charge is 0.326 e. The van der Waals surface area contributed by atoms with Crippen LogP contribution in [0.2, 0.25) is 0 Å². The molecule has 0 aromatic rings. The highest BCUT2D eigenvalue weighted by Gasteiger charge is 2.33. The minimum absolute atomic E-state index is 0.221. The third-order valence-electron chi connectivity index (χ3n) is 3.22. The maximum absolute atomic E-state index is 12.1. The molecule has 116 valence electrons. The first kappa shape index (κ1) is 16.7. The topological polar surface area (TPSA) is 88.1 Å². The lowest BCUT2D eigenvalue weighted by molar-refractivity contribution is -0.139. The van der Waals surface area contributed by atoms with Crippen LogP contribution in [0, 0.1) is 0 Å². The lowest BCUT2D eigenvalue weighted by Crippen LogP contribution is -2.49. The average Bonchev–Trinajstić information content (AvgIpc) is 3.22. The molecule has 0 radical (unpaired) electrons. The van der Waals surface area contributed by atoms with Crippen molar-refractivity contribution in [3.8, 4) is 0 Å². The zero-order chi connectivity index (χ0) is 15.0. The number of hydrogen-bond acceptors (Lipinski definition) is 4. The third kappa shape index (κ3) is 5.75. The minimum atomic E-state index is -1.02. The summed E-state index contributed by atoms with van der Waals surface area (Å²) in [5.74, 6) is -1.02. The van der Waals surface area contributed by atoms with Crippen LogP contribution in [0.25, 0.3) is 0 Å². The second-order valence-corrected chi connectivity index (χ2v) is 4.89. The standard InChI is InChI=1S/C13H24N2O5/c1-19-8-3-4-11(12(16)17)14-13(18)15(7-9-20-2)10-5-6-10/h10-11H,3-9H2,1-2H3,(H,14,18)(H,16,17). The Kier molecular flexibility index (Phi) is 7.32. The van der Waals surface area contributed by atoms with Gasteiger partial charge in [-0.25, -0.2) is 9.59 Å². The SMILES string of the molecule is COCCCC(NC(=O)N(CCOC)C1CC1)C(=O)O. The summed E-state index contributed by atoms with van der Waals surface area (Å²) in [7, 11) is 3.14. The van der Waals surface area contributed by atoms with Gasteiger partial charge in [0, 0.05) is 33.4 Å². The molecular weight excluding hydrogens is 264 g/mol. The fourth-order valence-electron chi connectivity index (χ4n) is 1.95. The highest BCUT2D eigenvalue weighted by Crippen LogP contribution is 2.26. The minimum Gasteiger partial charge on any atom is -0.480 e. The number of methoxy groups -OCH3 is 2. The van der Waals surface area contributed by atoms with Crippen molar-refractivity contribution in [3.05, 3.63) is 0 Å². The number of carboxylic acids is 1. The fourth-order valence-corrected chi connectivity index (χ4v) is 1.95. The van der Waals surface area contributed by atoms with E-state index in [1.807, 2.05) is 0 Å². The number of carbonyl (C=O) groups is 2. The first-order valence-corrected chi connectivity index (χ1v) is 6.88. The van der Waals surface area contributed by atoms with Crippen LogP contribution in [0.5, 0.6) is 0 Å². The van der Waals surface area contributed by atoms with E-state index >= 15 is 0 Å². The number of hydrogen-bond donors (Lipinski definition) is 2. The van der Waals surface area contributed by atoms with Crippen LogP contribution >= 0.6 is 0 Å². The lowest BCUT2D eigenvalue weighted by Gasteiger charge is -2.24. The fraction of sp³-hybridized carbons (Fsp3) is 0.846. The van der Waals surface area contributed by atoms with Crippen LogP contribution < -0.4 is 5.32 Å². The second-order valence-electron chi connectivity index (χ2n) is 4.89. The predicted octanol–water partition coefficient (Wildman–Crippen LogP) is 0.687. The number of ether oxygens (including phenoxy) is 2. The Morgan fingerprint density at radius 2 is 1.95 bits per heavy atom. The van der Waals surface area contributed by atoms with Crippen molar-refractivity contribution < 1.29 is 24.2 Å². The molecule has 1 unspecified atom stereocenters. The van der Waals surface area contributed by atoms with Crippen molar-refractivity contribution in [2.24, 2.45) is 0 Å². The molecule has 7 nitrogen and oxygen atoms in total. The highest BCUT2D eigenvalue weighted by molar-refractivity contribution is 5.82. The van der Waals surface area contributed by atoms with E-state index in [1.54, 1.807) is 19.1 Å². The summed E-state index contributed by atoms with van der Waals surface area (Å²) < 4.78 is 9.87. The van der Waals surface area contributed by atoms with Gasteiger partial charge in [-0.3, -0.25) is 0 Å². The predicted molar refractivity (Wildman–Crippen MR) is 72.7 cm³/mol. The van der Waals surface area contributed by atoms with E-state index in [9.17, 15) is 9.59 Å². The molecule has 1 aliphatic rings. The van der Waals surface area contributed by atoms with Gasteiger partial charge in [-0.2, -0.15) is 0 Å². The van der Waals surface area contributed by atoms with Gasteiger partial charge in [0.25, 0.3) is 0 Å². The Morgan fingerprint density at radius 1 is 1.30 bits per heavy atom. The zero-order valence-electron chi connectivity index (χ0n) is 12.1. The van der Waals surface area contributed by atoms with Crippen molar-refractivity contribution in [2.75, 3.05) is 34.0 Å². The van der Waals surface area contributed by atoms with E-state index in [0.29, 0.717) is 32.6 Å². The molecule has 2 N–H and O–H groups in total. The molecular formula is C13H24N2O5. The van der Waals surface area contributed by atoms with Crippen LogP contribution in [0.15, 0.2) is 0 Å². The van der Waals surface area contributed by atoms with E-state index in [-0.39, 0.29) is 12.1 Å². The number of carboxylic acid groups (broad SMARTS) is 1. The molecule has 0 bridgehead atoms. The maximum atomic E-state index is 12.1. The molecule has 0 heterocycles. The molecule has 0 aliphatic heterocycles. The number of urea groups is 1. The number of rotatable bonds is 10. The first-order valence-electron chi connectivity index (χ1n) is 6.88. The van der Waals surface area contributed by atoms with Crippen molar-refractivity contribution in [3.63, 3.8) is 0 Å². The quantitative estimate of drug-likeness (QED) is 0.577. The van der Waals surface area contributed by atoms with Gasteiger partial charge in [0.05, 0.1) is 6.61 Å². The van der Waals surface area contributed by atoms with Crippen molar-refractivity contribution >= 4 is 12.0 Å². The van der Waals surface area contributed by atoms with Gasteiger partial charge in [-0.15, -0.1) is 0 Å². The summed E-state index contributed by atoms with van der Waals surface area (Å²) in [5, 5.41) is 11.7. The average molecular weight is 288 g/mol. The van der Waals surface area contributed by atoms with Gasteiger partial charge in [0.15, 0.2) is 0 Å². The molecule has 0 aromatic heterocycles. The molecule has 2 amide bonds. The molecule has 0 aromatic carbocycles. The van der Waals surface area contributed by atoms with E-state index in [1.165, 1.54) is 0 Å². The Morgan fingerprint density at radius 3 is 2.45 bits per heavy atom. The zero-order valence-corrected chi connectivity index (χ0v) is 12.1. The number of amides is 2. The number of aliphatic carboxylic acids is 1. The van der Waals surface area contributed by atoms with Crippen LogP contribution in [-0.4, -0.2) is 68.1 Å². The van der Waals surface area contributed by atoms with Crippen LogP contribution in [0.1, 0.15) is 25.7 Å². The molecule has 1 aliphatic carbocycles. The Hall–Kier alpha value is -1.34. The van der Waals surface area contributed by atoms with Crippen LogP contribution in [0.4, 0.5) is 4.79 Å². The number of nitrogens with zero attached hydrogens (tertiary/aromatic N) is 1. The Labute approximate surface area is 119 Å². The van der Waals surface area contributed by atoms with Gasteiger partial charge >= 0.3 is 12.0 Å². The van der Waals surface area contributed by atoms with Crippen LogP contribution in [-0.2, 0) is 14.3 Å². The number of carbonyl (C=O) groups excluding carboxylic acids is 1. The second kappa shape index (κ2) is 8.76. The van der Waals surface area contributed by atoms with Crippen LogP contribution in [0.3, 0.4) is 0 Å². The summed E-state index contributed by atoms with van der Waals surface area (Å²) >= 11 is 0. The molecule has 0 saturated heterocycles. The molecule has 1 fully saturated rings. The first-order chi connectivity index (χ1) is 9.60. The molecule has 1 rings (SSSR count). The lowest BCUT2D eigenvalue weighted by atomic mass is 10.1. The Bertz CT molecular complexity index is 320. The van der Waals surface area contributed by atoms with E-state index in [0.717, 1.165) is 12.8 Å². The third-order valence-corrected chi connectivity index (χ3v) is 3.22. The maximum Gasteiger partial charge on any atom is 0.326 e. The van der Waals surface area contributed by atoms with Crippen molar-refractivity contribution in [1.29, 1.82) is 0 Å². The van der Waals surface area contributed by atoms with Gasteiger partial charge in [0.2, 0.25) is 0 Å². The van der Waals surface area contributed by atoms with Gasteiger partial charge in [0.1, 0.15) is 6.04 Å². The van der Waals surface area contributed by atoms with Gasteiger partial charge in [-0.1, -0.05) is 0 Å². The monoisotopic (exact) mass is 288 g/mol. The summed E-state index contributed by atoms with van der Waals surface area (Å²) in [4.78, 5) is 25.0. The van der Waals surface area contributed by atoms with Gasteiger partial charge in [-0.05, 0) is 25.7 Å². The van der Waals surface area contributed by atoms with E-state index in [2.05, 4.69) is 5.32 Å². The summed E-state index contributed by atoms with van der Waals surface area (Å²) in [5.41, 5.74) is 0. The van der Waals surface area contributed by atoms with Crippen molar-refractivity contribution in [1.82, 2.24) is 10.2 Å². The van der Waals surface area contributed by atoms with Crippen molar-refractivity contribution in [2.45, 2.75) is 37.8 Å². The summed E-state index contributed by atoms with van der Waals surface area (Å²) in [6.45, 7) is 1.42. The number of nitrogens with one attached hydrogen (secondary N) is 1. The van der Waals surface area contributed by atoms with E-state index in [4.69, 9.17) is 14.6 Å². The molecule has 1 saturated carbocycles. The Balaban J connectivity index is 2.47. The highest BCUT2D eigenvalue weighted by atomic mass is 16.5. The normalized spacial score (nSPS) is 15.7. The van der Waals surface area contributed by atoms with Gasteiger partial charge < -0.3 is 24.8 Å².